The summed E-state index contributed by atoms with van der Waals surface area (Å²) >= 11 is 0. The van der Waals surface area contributed by atoms with E-state index in [0.717, 1.165) is 30.4 Å². The maximum absolute atomic E-state index is 12.8. The van der Waals surface area contributed by atoms with E-state index < -0.39 is 26.5 Å². The maximum Gasteiger partial charge on any atom is 0.299 e. The van der Waals surface area contributed by atoms with Crippen molar-refractivity contribution in [3.8, 4) is 0 Å². The molecular formula is C26H38O6S2. The Balaban J connectivity index is 2.02. The summed E-state index contributed by atoms with van der Waals surface area (Å²) in [4.78, 5) is -0.0713. The van der Waals surface area contributed by atoms with Gasteiger partial charge in [0.2, 0.25) is 0 Å². The molecule has 0 spiro atoms. The van der Waals surface area contributed by atoms with Crippen LogP contribution >= 0.6 is 0 Å². The third-order valence-electron chi connectivity index (χ3n) is 5.63. The van der Waals surface area contributed by atoms with Crippen LogP contribution in [0, 0.1) is 13.8 Å². The molecule has 0 atom stereocenters. The van der Waals surface area contributed by atoms with E-state index in [-0.39, 0.29) is 16.2 Å². The van der Waals surface area contributed by atoms with Crippen LogP contribution in [-0.4, -0.2) is 23.1 Å². The first-order valence-corrected chi connectivity index (χ1v) is 15.0. The van der Waals surface area contributed by atoms with Gasteiger partial charge in [-0.15, -0.1) is 0 Å². The lowest BCUT2D eigenvalue weighted by Gasteiger charge is -2.18. The monoisotopic (exact) mass is 510 g/mol. The van der Waals surface area contributed by atoms with Gasteiger partial charge in [0.25, 0.3) is 20.2 Å². The largest absolute Gasteiger partial charge is 0.299 e. The number of hydrogen-bond acceptors (Lipinski definition) is 6. The van der Waals surface area contributed by atoms with Crippen LogP contribution in [0.2, 0.25) is 0 Å². The lowest BCUT2D eigenvalue weighted by atomic mass is 10.1. The number of unbranched alkanes of at least 4 members (excludes halogenated alkanes) is 8. The highest BCUT2D eigenvalue weighted by Gasteiger charge is 2.28. The summed E-state index contributed by atoms with van der Waals surface area (Å²) < 4.78 is 61.7. The Morgan fingerprint density at radius 2 is 0.941 bits per heavy atom. The molecular weight excluding hydrogens is 472 g/mol. The lowest BCUT2D eigenvalue weighted by Crippen LogP contribution is -2.25. The molecule has 0 amide bonds. The third kappa shape index (κ3) is 9.86. The molecule has 0 aromatic heterocycles. The van der Waals surface area contributed by atoms with Crippen molar-refractivity contribution >= 4 is 20.2 Å². The van der Waals surface area contributed by atoms with Gasteiger partial charge in [0.05, 0.1) is 9.79 Å². The van der Waals surface area contributed by atoms with Crippen molar-refractivity contribution in [2.75, 3.05) is 0 Å². The summed E-state index contributed by atoms with van der Waals surface area (Å²) in [5.74, 6) is 0. The Labute approximate surface area is 205 Å². The van der Waals surface area contributed by atoms with E-state index in [9.17, 15) is 16.8 Å². The number of rotatable bonds is 16. The fourth-order valence-electron chi connectivity index (χ4n) is 3.54. The van der Waals surface area contributed by atoms with Crippen molar-refractivity contribution in [2.45, 2.75) is 101 Å². The minimum atomic E-state index is -4.19. The van der Waals surface area contributed by atoms with Crippen molar-refractivity contribution < 1.29 is 25.2 Å². The van der Waals surface area contributed by atoms with Gasteiger partial charge in [-0.1, -0.05) is 93.7 Å². The summed E-state index contributed by atoms with van der Waals surface area (Å²) in [7, 11) is -8.37. The van der Waals surface area contributed by atoms with Crippen LogP contribution in [0.4, 0.5) is 0 Å². The Kier molecular flexibility index (Phi) is 11.7. The Morgan fingerprint density at radius 1 is 0.588 bits per heavy atom. The summed E-state index contributed by atoms with van der Waals surface area (Å²) in [6, 6.07) is 12.4. The van der Waals surface area contributed by atoms with E-state index in [1.165, 1.54) is 56.4 Å². The molecule has 0 aliphatic rings. The summed E-state index contributed by atoms with van der Waals surface area (Å²) in [5.41, 5.74) is 1.81. The molecule has 0 fully saturated rings. The molecule has 0 aliphatic heterocycles. The second kappa shape index (κ2) is 14.0. The molecule has 34 heavy (non-hydrogen) atoms. The molecule has 0 N–H and O–H groups in total. The SMILES string of the molecule is CCCCCCCCCCCC(OS(=O)(=O)c1ccc(C)cc1)OS(=O)(=O)c1ccc(C)cc1. The molecule has 2 aromatic rings. The van der Waals surface area contributed by atoms with Crippen molar-refractivity contribution in [1.82, 2.24) is 0 Å². The smallest absolute Gasteiger partial charge is 0.233 e. The topological polar surface area (TPSA) is 86.7 Å². The molecule has 0 saturated carbocycles. The van der Waals surface area contributed by atoms with Crippen LogP contribution in [0.15, 0.2) is 58.3 Å². The normalized spacial score (nSPS) is 12.4. The molecule has 0 bridgehead atoms. The second-order valence-electron chi connectivity index (χ2n) is 8.77. The van der Waals surface area contributed by atoms with Crippen LogP contribution in [0.25, 0.3) is 0 Å². The predicted molar refractivity (Wildman–Crippen MR) is 135 cm³/mol. The lowest BCUT2D eigenvalue weighted by molar-refractivity contribution is 0.00873. The van der Waals surface area contributed by atoms with E-state index in [1.54, 1.807) is 24.3 Å². The van der Waals surface area contributed by atoms with E-state index in [4.69, 9.17) is 8.37 Å². The van der Waals surface area contributed by atoms with Crippen molar-refractivity contribution in [3.63, 3.8) is 0 Å². The van der Waals surface area contributed by atoms with Gasteiger partial charge in [0, 0.05) is 6.42 Å². The van der Waals surface area contributed by atoms with Crippen molar-refractivity contribution in [1.29, 1.82) is 0 Å². The van der Waals surface area contributed by atoms with Crippen LogP contribution < -0.4 is 0 Å². The van der Waals surface area contributed by atoms with Crippen LogP contribution in [0.1, 0.15) is 82.3 Å². The number of benzene rings is 2. The summed E-state index contributed by atoms with van der Waals surface area (Å²) in [6.45, 7) is 5.89. The van der Waals surface area contributed by atoms with Crippen LogP contribution in [-0.2, 0) is 28.6 Å². The first-order valence-electron chi connectivity index (χ1n) is 12.1. The highest BCUT2D eigenvalue weighted by atomic mass is 32.2. The Hall–Kier alpha value is -1.74. The Morgan fingerprint density at radius 3 is 1.32 bits per heavy atom. The van der Waals surface area contributed by atoms with Gasteiger partial charge in [0.15, 0.2) is 6.29 Å². The fourth-order valence-corrected chi connectivity index (χ4v) is 5.58. The number of aryl methyl sites for hydroxylation is 2. The third-order valence-corrected chi connectivity index (χ3v) is 8.27. The van der Waals surface area contributed by atoms with E-state index >= 15 is 0 Å². The standard InChI is InChI=1S/C26H38O6S2/c1-4-5-6-7-8-9-10-11-12-13-26(31-33(27,28)24-18-14-22(2)15-19-24)32-34(29,30)25-20-16-23(3)17-21-25/h14-21,26H,4-13H2,1-3H3. The highest BCUT2D eigenvalue weighted by Crippen LogP contribution is 2.23. The van der Waals surface area contributed by atoms with E-state index in [1.807, 2.05) is 13.8 Å². The second-order valence-corrected chi connectivity index (χ2v) is 11.9. The van der Waals surface area contributed by atoms with Gasteiger partial charge in [0.1, 0.15) is 0 Å². The van der Waals surface area contributed by atoms with Crippen molar-refractivity contribution in [2.24, 2.45) is 0 Å². The summed E-state index contributed by atoms with van der Waals surface area (Å²) in [5, 5.41) is 0. The van der Waals surface area contributed by atoms with Gasteiger partial charge in [-0.2, -0.15) is 16.8 Å². The predicted octanol–water partition coefficient (Wildman–Crippen LogP) is 6.66. The minimum absolute atomic E-state index is 0.0356. The first-order chi connectivity index (χ1) is 16.1. The molecule has 2 rings (SSSR count). The molecule has 0 radical (unpaired) electrons. The molecule has 190 valence electrons. The van der Waals surface area contributed by atoms with Gasteiger partial charge >= 0.3 is 0 Å². The van der Waals surface area contributed by atoms with Gasteiger partial charge in [-0.05, 0) is 44.5 Å². The molecule has 8 heteroatoms. The van der Waals surface area contributed by atoms with E-state index in [0.29, 0.717) is 6.42 Å². The van der Waals surface area contributed by atoms with Crippen LogP contribution in [0.5, 0.6) is 0 Å². The average molecular weight is 511 g/mol. The van der Waals surface area contributed by atoms with Crippen LogP contribution in [0.3, 0.4) is 0 Å². The first kappa shape index (κ1) is 28.5. The Bertz CT molecular complexity index is 982. The molecule has 0 aliphatic carbocycles. The zero-order valence-electron chi connectivity index (χ0n) is 20.5. The minimum Gasteiger partial charge on any atom is -0.233 e. The molecule has 0 unspecified atom stereocenters. The average Bonchev–Trinajstić information content (AvgIpc) is 2.78. The molecule has 2 aromatic carbocycles. The van der Waals surface area contributed by atoms with Gasteiger partial charge in [-0.25, -0.2) is 8.37 Å². The quantitative estimate of drug-likeness (QED) is 0.143. The molecule has 0 heterocycles. The zero-order valence-corrected chi connectivity index (χ0v) is 22.2. The maximum atomic E-state index is 12.8. The van der Waals surface area contributed by atoms with Gasteiger partial charge in [-0.3, -0.25) is 0 Å². The molecule has 6 nitrogen and oxygen atoms in total. The number of hydrogen-bond donors (Lipinski definition) is 0. The fraction of sp³-hybridized carbons (Fsp3) is 0.538. The van der Waals surface area contributed by atoms with Gasteiger partial charge < -0.3 is 0 Å². The molecule has 0 saturated heterocycles. The highest BCUT2D eigenvalue weighted by molar-refractivity contribution is 7.87. The summed E-state index contributed by atoms with van der Waals surface area (Å²) in [6.07, 6.45) is 8.46. The zero-order chi connectivity index (χ0) is 25.0. The van der Waals surface area contributed by atoms with E-state index in [2.05, 4.69) is 6.92 Å². The van der Waals surface area contributed by atoms with Crippen molar-refractivity contribution in [3.05, 3.63) is 59.7 Å².